The van der Waals surface area contributed by atoms with E-state index < -0.39 is 5.97 Å². The number of carbonyl (C=O) groups is 1. The summed E-state index contributed by atoms with van der Waals surface area (Å²) in [5.74, 6) is 2.01. The van der Waals surface area contributed by atoms with Crippen molar-refractivity contribution in [2.24, 2.45) is 0 Å². The topological polar surface area (TPSA) is 95.5 Å². The van der Waals surface area contributed by atoms with E-state index in [1.54, 1.807) is 7.11 Å². The number of rotatable bonds is 18. The number of nitrogens with one attached hydrogen (secondary N) is 1. The minimum Gasteiger partial charge on any atom is -0.496 e. The number of hydrogen-bond donors (Lipinski definition) is 2. The molecule has 8 nitrogen and oxygen atoms in total. The molecule has 4 rings (SSSR count). The first kappa shape index (κ1) is 31.3. The molecular formula is C34H43NO7. The van der Waals surface area contributed by atoms with Gasteiger partial charge in [-0.3, -0.25) is 4.79 Å². The summed E-state index contributed by atoms with van der Waals surface area (Å²) in [6.45, 7) is 4.39. The second-order valence-corrected chi connectivity index (χ2v) is 10.3. The third-order valence-corrected chi connectivity index (χ3v) is 7.37. The van der Waals surface area contributed by atoms with Gasteiger partial charge < -0.3 is 34.1 Å². The second kappa shape index (κ2) is 17.4. The molecule has 1 saturated heterocycles. The van der Waals surface area contributed by atoms with Crippen LogP contribution in [0.25, 0.3) is 0 Å². The molecule has 0 spiro atoms. The van der Waals surface area contributed by atoms with Crippen molar-refractivity contribution < 1.29 is 33.6 Å². The summed E-state index contributed by atoms with van der Waals surface area (Å²) in [5.41, 5.74) is 3.32. The van der Waals surface area contributed by atoms with Crippen molar-refractivity contribution in [2.45, 2.75) is 50.7 Å². The number of benzene rings is 3. The van der Waals surface area contributed by atoms with Crippen LogP contribution in [0.15, 0.2) is 72.8 Å². The van der Waals surface area contributed by atoms with E-state index in [9.17, 15) is 4.79 Å². The Labute approximate surface area is 248 Å². The van der Waals surface area contributed by atoms with Crippen molar-refractivity contribution in [2.75, 3.05) is 46.6 Å². The average Bonchev–Trinajstić information content (AvgIpc) is 3.02. The Morgan fingerprint density at radius 1 is 0.857 bits per heavy atom. The highest BCUT2D eigenvalue weighted by atomic mass is 16.5. The predicted octanol–water partition coefficient (Wildman–Crippen LogP) is 5.63. The van der Waals surface area contributed by atoms with Crippen molar-refractivity contribution in [3.05, 3.63) is 89.5 Å². The third kappa shape index (κ3) is 10.0. The molecule has 0 bridgehead atoms. The van der Waals surface area contributed by atoms with Gasteiger partial charge in [0.25, 0.3) is 0 Å². The van der Waals surface area contributed by atoms with Crippen LogP contribution in [-0.4, -0.2) is 63.8 Å². The molecule has 3 aromatic carbocycles. The van der Waals surface area contributed by atoms with Gasteiger partial charge in [-0.2, -0.15) is 0 Å². The van der Waals surface area contributed by atoms with Crippen LogP contribution < -0.4 is 19.5 Å². The number of hydrogen-bond acceptors (Lipinski definition) is 7. The number of carboxylic acid groups (broad SMARTS) is 1. The van der Waals surface area contributed by atoms with Crippen molar-refractivity contribution in [3.63, 3.8) is 0 Å². The third-order valence-electron chi connectivity index (χ3n) is 7.37. The van der Waals surface area contributed by atoms with Gasteiger partial charge >= 0.3 is 5.97 Å². The Morgan fingerprint density at radius 2 is 1.62 bits per heavy atom. The van der Waals surface area contributed by atoms with Crippen molar-refractivity contribution in [1.82, 2.24) is 5.32 Å². The van der Waals surface area contributed by atoms with Crippen LogP contribution in [0.1, 0.15) is 48.3 Å². The lowest BCUT2D eigenvalue weighted by atomic mass is 9.88. The van der Waals surface area contributed by atoms with E-state index in [1.165, 1.54) is 5.56 Å². The van der Waals surface area contributed by atoms with E-state index in [4.69, 9.17) is 28.8 Å². The van der Waals surface area contributed by atoms with Gasteiger partial charge in [0.2, 0.25) is 0 Å². The molecule has 0 amide bonds. The molecule has 2 N–H and O–H groups in total. The molecule has 1 fully saturated rings. The van der Waals surface area contributed by atoms with Crippen LogP contribution in [-0.2, 0) is 27.3 Å². The maximum Gasteiger partial charge on any atom is 0.303 e. The highest BCUT2D eigenvalue weighted by molar-refractivity contribution is 5.66. The standard InChI is InChI=1S/C34H43NO7/c1-38-31-11-4-3-9-28(31)25-39-20-7-21-40-29-16-14-26(15-17-29)30-18-19-35-24-33(30)42-23-22-41-32-12-5-2-8-27(32)10-6-13-34(36)37/h2-5,8-9,11-12,14-17,30,33,35H,6-7,10,13,18-25H2,1H3,(H,36,37). The molecule has 1 aliphatic heterocycles. The van der Waals surface area contributed by atoms with E-state index in [1.807, 2.05) is 60.7 Å². The zero-order chi connectivity index (χ0) is 29.4. The van der Waals surface area contributed by atoms with Gasteiger partial charge in [0, 0.05) is 30.9 Å². The van der Waals surface area contributed by atoms with Crippen molar-refractivity contribution in [1.29, 1.82) is 0 Å². The van der Waals surface area contributed by atoms with E-state index in [0.717, 1.165) is 54.3 Å². The van der Waals surface area contributed by atoms with Crippen LogP contribution in [0.3, 0.4) is 0 Å². The highest BCUT2D eigenvalue weighted by Gasteiger charge is 2.27. The zero-order valence-electron chi connectivity index (χ0n) is 24.5. The summed E-state index contributed by atoms with van der Waals surface area (Å²) < 4.78 is 29.4. The maximum atomic E-state index is 10.8. The van der Waals surface area contributed by atoms with Crippen molar-refractivity contribution >= 4 is 5.97 Å². The van der Waals surface area contributed by atoms with Gasteiger partial charge in [0.1, 0.15) is 23.9 Å². The first-order valence-corrected chi connectivity index (χ1v) is 14.8. The SMILES string of the molecule is COc1ccccc1COCCCOc1ccc(C2CCNCC2OCCOc2ccccc2CCCC(=O)O)cc1. The van der Waals surface area contributed by atoms with Crippen molar-refractivity contribution in [3.8, 4) is 17.2 Å². The van der Waals surface area contributed by atoms with Gasteiger partial charge in [-0.05, 0) is 61.2 Å². The van der Waals surface area contributed by atoms with Crippen LogP contribution in [0.5, 0.6) is 17.2 Å². The Balaban J connectivity index is 1.17. The monoisotopic (exact) mass is 577 g/mol. The molecule has 2 unspecified atom stereocenters. The Hall–Kier alpha value is -3.59. The average molecular weight is 578 g/mol. The second-order valence-electron chi connectivity index (χ2n) is 10.3. The molecule has 1 aliphatic rings. The largest absolute Gasteiger partial charge is 0.496 e. The lowest BCUT2D eigenvalue weighted by Gasteiger charge is -2.32. The lowest BCUT2D eigenvalue weighted by molar-refractivity contribution is -0.137. The van der Waals surface area contributed by atoms with Crippen LogP contribution >= 0.6 is 0 Å². The first-order chi connectivity index (χ1) is 20.6. The van der Waals surface area contributed by atoms with Gasteiger partial charge in [-0.15, -0.1) is 0 Å². The van der Waals surface area contributed by atoms with Crippen LogP contribution in [0.2, 0.25) is 0 Å². The quantitative estimate of drug-likeness (QED) is 0.188. The highest BCUT2D eigenvalue weighted by Crippen LogP contribution is 2.29. The van der Waals surface area contributed by atoms with Gasteiger partial charge in [-0.25, -0.2) is 0 Å². The lowest BCUT2D eigenvalue weighted by Crippen LogP contribution is -2.41. The van der Waals surface area contributed by atoms with E-state index in [0.29, 0.717) is 51.8 Å². The molecule has 0 saturated carbocycles. The molecule has 3 aromatic rings. The molecule has 2 atom stereocenters. The Kier molecular flexibility index (Phi) is 13.0. The van der Waals surface area contributed by atoms with Gasteiger partial charge in [0.15, 0.2) is 0 Å². The summed E-state index contributed by atoms with van der Waals surface area (Å²) in [6, 6.07) is 24.0. The maximum absolute atomic E-state index is 10.8. The van der Waals surface area contributed by atoms with Gasteiger partial charge in [0.05, 0.1) is 39.6 Å². The smallest absolute Gasteiger partial charge is 0.303 e. The normalized spacial score (nSPS) is 16.6. The molecule has 226 valence electrons. The number of aliphatic carboxylic acids is 1. The van der Waals surface area contributed by atoms with E-state index in [-0.39, 0.29) is 12.5 Å². The summed E-state index contributed by atoms with van der Waals surface area (Å²) in [7, 11) is 1.67. The molecule has 8 heteroatoms. The number of methoxy groups -OCH3 is 1. The molecule has 0 aliphatic carbocycles. The summed E-state index contributed by atoms with van der Waals surface area (Å²) in [4.78, 5) is 10.8. The fourth-order valence-corrected chi connectivity index (χ4v) is 5.19. The number of aryl methyl sites for hydroxylation is 1. The predicted molar refractivity (Wildman–Crippen MR) is 162 cm³/mol. The first-order valence-electron chi connectivity index (χ1n) is 14.8. The van der Waals surface area contributed by atoms with E-state index >= 15 is 0 Å². The van der Waals surface area contributed by atoms with E-state index in [2.05, 4.69) is 17.4 Å². The Bertz CT molecular complexity index is 1220. The number of ether oxygens (including phenoxy) is 5. The molecule has 0 radical (unpaired) electrons. The molecular weight excluding hydrogens is 534 g/mol. The summed E-state index contributed by atoms with van der Waals surface area (Å²) in [5, 5.41) is 12.4. The number of para-hydroxylation sites is 2. The molecule has 0 aromatic heterocycles. The van der Waals surface area contributed by atoms with Crippen LogP contribution in [0, 0.1) is 0 Å². The minimum atomic E-state index is -0.776. The number of piperidine rings is 1. The summed E-state index contributed by atoms with van der Waals surface area (Å²) >= 11 is 0. The summed E-state index contributed by atoms with van der Waals surface area (Å²) in [6.07, 6.45) is 3.28. The van der Waals surface area contributed by atoms with Gasteiger partial charge in [-0.1, -0.05) is 48.5 Å². The minimum absolute atomic E-state index is 0.0558. The molecule has 42 heavy (non-hydrogen) atoms. The fourth-order valence-electron chi connectivity index (χ4n) is 5.19. The Morgan fingerprint density at radius 3 is 2.40 bits per heavy atom. The fraction of sp³-hybridized carbons (Fsp3) is 0.441. The number of carboxylic acids is 1. The zero-order valence-corrected chi connectivity index (χ0v) is 24.5. The molecule has 1 heterocycles. The van der Waals surface area contributed by atoms with Crippen LogP contribution in [0.4, 0.5) is 0 Å².